The third kappa shape index (κ3) is 6.47. The molecule has 2 N–H and O–H groups in total. The van der Waals surface area contributed by atoms with Crippen LogP contribution in [0.3, 0.4) is 0 Å². The van der Waals surface area contributed by atoms with Crippen LogP contribution in [0.1, 0.15) is 52.1 Å². The number of hydrogen-bond acceptors (Lipinski definition) is 5. The van der Waals surface area contributed by atoms with Gasteiger partial charge in [-0.15, -0.1) is 0 Å². The van der Waals surface area contributed by atoms with Gasteiger partial charge in [-0.05, 0) is 79.9 Å². The van der Waals surface area contributed by atoms with E-state index in [1.807, 2.05) is 25.1 Å². The Bertz CT molecular complexity index is 1230. The van der Waals surface area contributed by atoms with Crippen LogP contribution in [0.2, 0.25) is 0 Å². The summed E-state index contributed by atoms with van der Waals surface area (Å²) in [7, 11) is 1.81. The molecule has 178 valence electrons. The highest BCUT2D eigenvalue weighted by Crippen LogP contribution is 2.35. The number of hydrogen-bond donors (Lipinski definition) is 1. The summed E-state index contributed by atoms with van der Waals surface area (Å²) >= 11 is 3.63. The first-order valence-electron chi connectivity index (χ1n) is 11.2. The van der Waals surface area contributed by atoms with Crippen molar-refractivity contribution in [2.45, 2.75) is 59.0 Å². The number of pyridine rings is 2. The van der Waals surface area contributed by atoms with Crippen LogP contribution >= 0.6 is 15.9 Å². The van der Waals surface area contributed by atoms with E-state index in [2.05, 4.69) is 25.7 Å². The molecule has 2 aromatic heterocycles. The number of fused-ring (bicyclic) bond motifs is 3. The zero-order valence-electron chi connectivity index (χ0n) is 19.9. The first-order valence-corrected chi connectivity index (χ1v) is 12.0. The van der Waals surface area contributed by atoms with Crippen LogP contribution in [0.4, 0.5) is 4.79 Å². The van der Waals surface area contributed by atoms with Crippen molar-refractivity contribution in [3.63, 3.8) is 0 Å². The molecule has 3 aromatic rings. The second-order valence-corrected chi connectivity index (χ2v) is 10.3. The molecule has 1 fully saturated rings. The highest BCUT2D eigenvalue weighted by Gasteiger charge is 2.20. The van der Waals surface area contributed by atoms with Gasteiger partial charge in [0.25, 0.3) is 5.56 Å². The summed E-state index contributed by atoms with van der Waals surface area (Å²) in [4.78, 5) is 27.1. The lowest BCUT2D eigenvalue weighted by atomic mass is 10.1. The van der Waals surface area contributed by atoms with Crippen LogP contribution in [-0.4, -0.2) is 27.9 Å². The van der Waals surface area contributed by atoms with Crippen molar-refractivity contribution >= 4 is 43.7 Å². The summed E-state index contributed by atoms with van der Waals surface area (Å²) < 4.78 is 13.2. The lowest BCUT2D eigenvalue weighted by Gasteiger charge is -2.16. The summed E-state index contributed by atoms with van der Waals surface area (Å²) in [5.41, 5.74) is 5.89. The molecule has 8 heteroatoms. The quantitative estimate of drug-likeness (QED) is 0.350. The summed E-state index contributed by atoms with van der Waals surface area (Å²) in [5, 5.41) is 2.65. The number of primary amides is 1. The Balaban J connectivity index is 0.000000331. The highest BCUT2D eigenvalue weighted by molar-refractivity contribution is 9.10. The highest BCUT2D eigenvalue weighted by atomic mass is 79.9. The summed E-state index contributed by atoms with van der Waals surface area (Å²) in [6.45, 7) is 7.88. The van der Waals surface area contributed by atoms with Gasteiger partial charge in [-0.3, -0.25) is 9.78 Å². The van der Waals surface area contributed by atoms with Gasteiger partial charge < -0.3 is 19.8 Å². The average molecular weight is 518 g/mol. The van der Waals surface area contributed by atoms with Gasteiger partial charge in [0.2, 0.25) is 0 Å². The van der Waals surface area contributed by atoms with E-state index in [4.69, 9.17) is 10.5 Å². The zero-order chi connectivity index (χ0) is 24.3. The van der Waals surface area contributed by atoms with Gasteiger partial charge in [0.1, 0.15) is 11.4 Å². The maximum atomic E-state index is 12.8. The fraction of sp³-hybridized carbons (Fsp3) is 0.480. The molecule has 1 aliphatic carbocycles. The molecule has 7 nitrogen and oxygen atoms in total. The smallest absolute Gasteiger partial charge is 0.405 e. The SMILES string of the molecule is CC(C)(C)OC(N)=O.Cc1nccc2c1c(=O)n(C)c1cc(OCCCC3CC3)c(Br)cc21. The van der Waals surface area contributed by atoms with Crippen LogP contribution in [0.15, 0.2) is 33.7 Å². The van der Waals surface area contributed by atoms with E-state index in [0.717, 1.165) is 44.5 Å². The lowest BCUT2D eigenvalue weighted by Crippen LogP contribution is -2.27. The number of aromatic nitrogens is 2. The first kappa shape index (κ1) is 25.0. The molecule has 2 heterocycles. The molecule has 4 rings (SSSR count). The molecule has 1 aromatic carbocycles. The summed E-state index contributed by atoms with van der Waals surface area (Å²) in [6, 6.07) is 5.93. The minimum Gasteiger partial charge on any atom is -0.492 e. The molecule has 0 radical (unpaired) electrons. The maximum Gasteiger partial charge on any atom is 0.405 e. The lowest BCUT2D eigenvalue weighted by molar-refractivity contribution is 0.0600. The number of ether oxygens (including phenoxy) is 2. The Hall–Kier alpha value is -2.61. The number of benzene rings is 1. The predicted octanol–water partition coefficient (Wildman–Crippen LogP) is 5.61. The average Bonchev–Trinajstić information content (AvgIpc) is 3.53. The number of rotatable bonds is 5. The maximum absolute atomic E-state index is 12.8. The van der Waals surface area contributed by atoms with E-state index in [9.17, 15) is 9.59 Å². The molecule has 0 aliphatic heterocycles. The number of carbonyl (C=O) groups excluding carboxylic acids is 1. The zero-order valence-corrected chi connectivity index (χ0v) is 21.5. The molecular formula is C25H32BrN3O4. The predicted molar refractivity (Wildman–Crippen MR) is 135 cm³/mol. The van der Waals surface area contributed by atoms with Crippen LogP contribution < -0.4 is 16.0 Å². The number of nitrogens with zero attached hydrogens (tertiary/aromatic N) is 2. The Labute approximate surface area is 202 Å². The Morgan fingerprint density at radius 3 is 2.55 bits per heavy atom. The number of carbonyl (C=O) groups is 1. The number of nitrogens with two attached hydrogens (primary N) is 1. The van der Waals surface area contributed by atoms with Crippen molar-refractivity contribution in [2.75, 3.05) is 6.61 Å². The molecule has 1 saturated carbocycles. The monoisotopic (exact) mass is 517 g/mol. The van der Waals surface area contributed by atoms with Crippen molar-refractivity contribution in [3.8, 4) is 5.75 Å². The molecule has 1 amide bonds. The van der Waals surface area contributed by atoms with E-state index in [1.165, 1.54) is 19.3 Å². The van der Waals surface area contributed by atoms with Gasteiger partial charge in [0.15, 0.2) is 0 Å². The van der Waals surface area contributed by atoms with E-state index < -0.39 is 11.7 Å². The minimum absolute atomic E-state index is 0.0184. The minimum atomic E-state index is -0.725. The van der Waals surface area contributed by atoms with Crippen molar-refractivity contribution in [1.82, 2.24) is 9.55 Å². The molecule has 33 heavy (non-hydrogen) atoms. The van der Waals surface area contributed by atoms with Gasteiger partial charge in [0.05, 0.1) is 27.7 Å². The Morgan fingerprint density at radius 1 is 1.27 bits per heavy atom. The van der Waals surface area contributed by atoms with E-state index >= 15 is 0 Å². The topological polar surface area (TPSA) is 96.4 Å². The fourth-order valence-corrected chi connectivity index (χ4v) is 4.20. The summed E-state index contributed by atoms with van der Waals surface area (Å²) in [6.07, 6.45) is 6.12. The van der Waals surface area contributed by atoms with Crippen LogP contribution in [-0.2, 0) is 11.8 Å². The fourth-order valence-electron chi connectivity index (χ4n) is 3.75. The van der Waals surface area contributed by atoms with Gasteiger partial charge in [-0.2, -0.15) is 0 Å². The standard InChI is InChI=1S/C20H21BrN2O2.C5H11NO2/c1-12-19-14(7-8-22-12)15-10-16(21)18(11-17(15)23(2)20(19)24)25-9-3-4-13-5-6-13;1-5(2,3)8-4(6)7/h7-8,10-11,13H,3-6,9H2,1-2H3;1-3H3,(H2,6,7). The van der Waals surface area contributed by atoms with Crippen LogP contribution in [0.5, 0.6) is 5.75 Å². The number of aryl methyl sites for hydroxylation is 2. The van der Waals surface area contributed by atoms with Crippen LogP contribution in [0.25, 0.3) is 21.7 Å². The normalized spacial score (nSPS) is 13.5. The van der Waals surface area contributed by atoms with Crippen LogP contribution in [0, 0.1) is 12.8 Å². The van der Waals surface area contributed by atoms with Crippen molar-refractivity contribution in [1.29, 1.82) is 0 Å². The van der Waals surface area contributed by atoms with Crippen molar-refractivity contribution < 1.29 is 14.3 Å². The van der Waals surface area contributed by atoms with Gasteiger partial charge >= 0.3 is 6.09 Å². The van der Waals surface area contributed by atoms with Gasteiger partial charge in [-0.1, -0.05) is 12.8 Å². The Morgan fingerprint density at radius 2 is 1.97 bits per heavy atom. The number of halogens is 1. The molecule has 0 unspecified atom stereocenters. The van der Waals surface area contributed by atoms with Crippen molar-refractivity contribution in [2.24, 2.45) is 18.7 Å². The van der Waals surface area contributed by atoms with E-state index in [1.54, 1.807) is 38.6 Å². The molecule has 0 bridgehead atoms. The molecule has 0 atom stereocenters. The molecule has 1 aliphatic rings. The molecule has 0 spiro atoms. The Kier molecular flexibility index (Phi) is 7.67. The van der Waals surface area contributed by atoms with Gasteiger partial charge in [0, 0.05) is 24.7 Å². The third-order valence-corrected chi connectivity index (χ3v) is 6.10. The summed E-state index contributed by atoms with van der Waals surface area (Å²) in [5.74, 6) is 1.72. The van der Waals surface area contributed by atoms with E-state index in [0.29, 0.717) is 12.0 Å². The van der Waals surface area contributed by atoms with Gasteiger partial charge in [-0.25, -0.2) is 4.79 Å². The number of amides is 1. The largest absolute Gasteiger partial charge is 0.492 e. The second-order valence-electron chi connectivity index (χ2n) is 9.45. The first-order chi connectivity index (χ1) is 15.5. The molecular weight excluding hydrogens is 486 g/mol. The van der Waals surface area contributed by atoms with Crippen molar-refractivity contribution in [3.05, 3.63) is 44.9 Å². The third-order valence-electron chi connectivity index (χ3n) is 5.48. The van der Waals surface area contributed by atoms with E-state index in [-0.39, 0.29) is 5.56 Å². The molecule has 0 saturated heterocycles. The second kappa shape index (κ2) is 10.1.